The van der Waals surface area contributed by atoms with E-state index in [0.29, 0.717) is 81.9 Å². The molecular weight excluding hydrogens is 538 g/mol. The van der Waals surface area contributed by atoms with Gasteiger partial charge in [-0.25, -0.2) is 8.42 Å². The van der Waals surface area contributed by atoms with Gasteiger partial charge in [0.25, 0.3) is 0 Å². The van der Waals surface area contributed by atoms with Crippen molar-refractivity contribution in [1.29, 1.82) is 0 Å². The van der Waals surface area contributed by atoms with E-state index < -0.39 is 10.0 Å². The lowest BCUT2D eigenvalue weighted by Gasteiger charge is -2.30. The van der Waals surface area contributed by atoms with Crippen LogP contribution in [0.2, 0.25) is 0 Å². The number of hydrogen-bond donors (Lipinski definition) is 1. The first kappa shape index (κ1) is 28.0. The van der Waals surface area contributed by atoms with Crippen LogP contribution in [0.15, 0.2) is 51.9 Å². The van der Waals surface area contributed by atoms with Gasteiger partial charge in [0.15, 0.2) is 0 Å². The Balaban J connectivity index is 1.17. The van der Waals surface area contributed by atoms with E-state index in [2.05, 4.69) is 20.4 Å². The summed E-state index contributed by atoms with van der Waals surface area (Å²) in [5.41, 5.74) is 1.17. The first-order valence-corrected chi connectivity index (χ1v) is 14.6. The monoisotopic (exact) mass is 571 g/mol. The molecule has 2 aromatic carbocycles. The summed E-state index contributed by atoms with van der Waals surface area (Å²) in [7, 11) is -0.615. The minimum absolute atomic E-state index is 0.105. The van der Waals surface area contributed by atoms with Gasteiger partial charge in [0.05, 0.1) is 44.6 Å². The number of carbonyl (C=O) groups excluding carboxylic acids is 1. The highest BCUT2D eigenvalue weighted by molar-refractivity contribution is 7.89. The van der Waals surface area contributed by atoms with Gasteiger partial charge in [0.1, 0.15) is 11.5 Å². The van der Waals surface area contributed by atoms with Crippen molar-refractivity contribution in [3.05, 3.63) is 48.4 Å². The Morgan fingerprint density at radius 1 is 1.02 bits per heavy atom. The molecule has 3 heterocycles. The Labute approximate surface area is 233 Å². The van der Waals surface area contributed by atoms with Gasteiger partial charge in [0, 0.05) is 24.6 Å². The summed E-state index contributed by atoms with van der Waals surface area (Å²) in [6.07, 6.45) is 1.28. The fourth-order valence-electron chi connectivity index (χ4n) is 4.84. The molecule has 2 aliphatic rings. The first-order chi connectivity index (χ1) is 19.4. The summed E-state index contributed by atoms with van der Waals surface area (Å²) in [5.74, 6) is 1.78. The van der Waals surface area contributed by atoms with E-state index in [0.717, 1.165) is 11.3 Å². The maximum atomic E-state index is 13.2. The molecule has 13 heteroatoms. The third kappa shape index (κ3) is 6.28. The van der Waals surface area contributed by atoms with E-state index in [1.165, 1.54) is 23.5 Å². The second kappa shape index (κ2) is 12.3. The molecule has 0 aliphatic carbocycles. The number of ether oxygens (including phenoxy) is 3. The third-order valence-corrected chi connectivity index (χ3v) is 9.06. The van der Waals surface area contributed by atoms with Crippen LogP contribution in [0.1, 0.15) is 18.7 Å². The van der Waals surface area contributed by atoms with Crippen molar-refractivity contribution >= 4 is 21.6 Å². The number of sulfonamides is 1. The third-order valence-electron chi connectivity index (χ3n) is 7.17. The van der Waals surface area contributed by atoms with Crippen LogP contribution in [-0.4, -0.2) is 87.3 Å². The second-order valence-corrected chi connectivity index (χ2v) is 11.6. The van der Waals surface area contributed by atoms with E-state index in [1.54, 1.807) is 13.2 Å². The van der Waals surface area contributed by atoms with E-state index in [9.17, 15) is 13.2 Å². The Bertz CT molecular complexity index is 1410. The quantitative estimate of drug-likeness (QED) is 0.408. The summed E-state index contributed by atoms with van der Waals surface area (Å²) in [4.78, 5) is 19.9. The number of methoxy groups -OCH3 is 2. The molecule has 214 valence electrons. The number of piperidine rings is 1. The molecule has 0 unspecified atom stereocenters. The molecule has 2 aliphatic heterocycles. The molecule has 2 fully saturated rings. The van der Waals surface area contributed by atoms with Gasteiger partial charge in [-0.1, -0.05) is 5.16 Å². The molecule has 0 radical (unpaired) electrons. The Morgan fingerprint density at radius 2 is 1.75 bits per heavy atom. The number of nitrogens with one attached hydrogen (secondary N) is 1. The number of aromatic nitrogens is 2. The highest BCUT2D eigenvalue weighted by atomic mass is 32.2. The molecule has 0 atom stereocenters. The maximum Gasteiger partial charge on any atom is 0.243 e. The highest BCUT2D eigenvalue weighted by Gasteiger charge is 2.29. The fraction of sp³-hybridized carbons (Fsp3) is 0.444. The molecule has 40 heavy (non-hydrogen) atoms. The van der Waals surface area contributed by atoms with Gasteiger partial charge in [-0.15, -0.1) is 0 Å². The van der Waals surface area contributed by atoms with Gasteiger partial charge in [0.2, 0.25) is 27.6 Å². The van der Waals surface area contributed by atoms with Gasteiger partial charge >= 0.3 is 0 Å². The first-order valence-electron chi connectivity index (χ1n) is 13.1. The van der Waals surface area contributed by atoms with Gasteiger partial charge in [-0.3, -0.25) is 9.69 Å². The van der Waals surface area contributed by atoms with Crippen molar-refractivity contribution < 1.29 is 31.9 Å². The minimum Gasteiger partial charge on any atom is -0.497 e. The molecule has 1 aromatic heterocycles. The molecule has 5 rings (SSSR count). The minimum atomic E-state index is -3.71. The topological polar surface area (TPSA) is 136 Å². The Hall–Kier alpha value is -3.52. The molecule has 0 spiro atoms. The molecule has 0 saturated carbocycles. The number of morpholine rings is 1. The van der Waals surface area contributed by atoms with E-state index >= 15 is 0 Å². The number of rotatable bonds is 9. The molecule has 1 amide bonds. The van der Waals surface area contributed by atoms with Crippen LogP contribution < -0.4 is 14.8 Å². The van der Waals surface area contributed by atoms with Crippen LogP contribution in [0, 0.1) is 5.92 Å². The van der Waals surface area contributed by atoms with Crippen molar-refractivity contribution in [2.45, 2.75) is 24.3 Å². The van der Waals surface area contributed by atoms with Crippen LogP contribution in [0.3, 0.4) is 0 Å². The van der Waals surface area contributed by atoms with Crippen molar-refractivity contribution in [3.63, 3.8) is 0 Å². The summed E-state index contributed by atoms with van der Waals surface area (Å²) in [5, 5.41) is 6.99. The highest BCUT2D eigenvalue weighted by Crippen LogP contribution is 2.31. The lowest BCUT2D eigenvalue weighted by Crippen LogP contribution is -2.40. The summed E-state index contributed by atoms with van der Waals surface area (Å²) >= 11 is 0. The molecule has 3 aromatic rings. The number of amides is 1. The molecule has 0 bridgehead atoms. The molecule has 12 nitrogen and oxygen atoms in total. The average Bonchev–Trinajstić information content (AvgIpc) is 3.46. The van der Waals surface area contributed by atoms with Gasteiger partial charge in [-0.05, 0) is 68.4 Å². The van der Waals surface area contributed by atoms with E-state index in [4.69, 9.17) is 18.7 Å². The fourth-order valence-corrected chi connectivity index (χ4v) is 6.27. The number of nitrogens with zero attached hydrogens (tertiary/aromatic N) is 4. The van der Waals surface area contributed by atoms with Crippen molar-refractivity contribution in [2.24, 2.45) is 5.92 Å². The van der Waals surface area contributed by atoms with Crippen molar-refractivity contribution in [1.82, 2.24) is 19.3 Å². The number of anilines is 1. The zero-order chi connectivity index (χ0) is 28.1. The number of hydrogen-bond acceptors (Lipinski definition) is 10. The molecule has 2 saturated heterocycles. The number of carbonyl (C=O) groups is 1. The van der Waals surface area contributed by atoms with E-state index in [-0.39, 0.29) is 16.7 Å². The largest absolute Gasteiger partial charge is 0.497 e. The van der Waals surface area contributed by atoms with Gasteiger partial charge < -0.3 is 24.1 Å². The van der Waals surface area contributed by atoms with Crippen LogP contribution in [-0.2, 0) is 26.1 Å². The maximum absolute atomic E-state index is 13.2. The second-order valence-electron chi connectivity index (χ2n) is 9.66. The van der Waals surface area contributed by atoms with Crippen LogP contribution in [0.25, 0.3) is 11.4 Å². The number of benzene rings is 2. The Morgan fingerprint density at radius 3 is 2.42 bits per heavy atom. The molecular formula is C27H33N5O7S. The lowest BCUT2D eigenvalue weighted by atomic mass is 9.96. The summed E-state index contributed by atoms with van der Waals surface area (Å²) in [6.45, 7) is 3.15. The SMILES string of the molecule is COc1ccc(-c2noc(CN3CCC(C(=O)Nc4cc(S(=O)(=O)N5CCOCC5)ccc4OC)CC3)n2)cc1. The van der Waals surface area contributed by atoms with Crippen LogP contribution >= 0.6 is 0 Å². The smallest absolute Gasteiger partial charge is 0.243 e. The Kier molecular flexibility index (Phi) is 8.64. The predicted molar refractivity (Wildman–Crippen MR) is 145 cm³/mol. The normalized spacial score (nSPS) is 17.4. The standard InChI is InChI=1S/C27H33N5O7S/c1-36-21-5-3-19(4-6-21)26-29-25(39-30-26)18-31-11-9-20(10-12-31)27(33)28-23-17-22(7-8-24(23)37-2)40(34,35)32-13-15-38-16-14-32/h3-8,17,20H,9-16,18H2,1-2H3,(H,28,33). The van der Waals surface area contributed by atoms with Crippen molar-refractivity contribution in [2.75, 3.05) is 58.9 Å². The predicted octanol–water partition coefficient (Wildman–Crippen LogP) is 2.63. The summed E-state index contributed by atoms with van der Waals surface area (Å²) in [6, 6.07) is 12.0. The van der Waals surface area contributed by atoms with Crippen molar-refractivity contribution in [3.8, 4) is 22.9 Å². The summed E-state index contributed by atoms with van der Waals surface area (Å²) < 4.78 is 48.9. The van der Waals surface area contributed by atoms with Crippen LogP contribution in [0.4, 0.5) is 5.69 Å². The molecule has 1 N–H and O–H groups in total. The lowest BCUT2D eigenvalue weighted by molar-refractivity contribution is -0.121. The van der Waals surface area contributed by atoms with Crippen LogP contribution in [0.5, 0.6) is 11.5 Å². The zero-order valence-electron chi connectivity index (χ0n) is 22.5. The van der Waals surface area contributed by atoms with E-state index in [1.807, 2.05) is 24.3 Å². The van der Waals surface area contributed by atoms with Gasteiger partial charge in [-0.2, -0.15) is 9.29 Å². The zero-order valence-corrected chi connectivity index (χ0v) is 23.4. The average molecular weight is 572 g/mol. The number of likely N-dealkylation sites (tertiary alicyclic amines) is 1.